The summed E-state index contributed by atoms with van der Waals surface area (Å²) in [6, 6.07) is -0.132. The molecule has 0 aliphatic carbocycles. The lowest BCUT2D eigenvalue weighted by molar-refractivity contribution is -0.157. The Morgan fingerprint density at radius 1 is 0.842 bits per heavy atom. The molecule has 0 aromatic heterocycles. The van der Waals surface area contributed by atoms with Gasteiger partial charge in [-0.3, -0.25) is 9.59 Å². The number of carbonyl (C=O) groups excluding carboxylic acids is 2. The highest BCUT2D eigenvalue weighted by Gasteiger charge is 2.53. The summed E-state index contributed by atoms with van der Waals surface area (Å²) in [5.74, 6) is -1.18. The second-order valence-electron chi connectivity index (χ2n) is 5.80. The predicted molar refractivity (Wildman–Crippen MR) is 71.4 cm³/mol. The second-order valence-corrected chi connectivity index (χ2v) is 5.80. The molecule has 1 N–H and O–H groups in total. The van der Waals surface area contributed by atoms with Crippen molar-refractivity contribution in [3.63, 3.8) is 0 Å². The zero-order valence-electron chi connectivity index (χ0n) is 12.6. The van der Waals surface area contributed by atoms with Gasteiger partial charge in [0.2, 0.25) is 0 Å². The third-order valence-electron chi connectivity index (χ3n) is 3.93. The molecule has 19 heavy (non-hydrogen) atoms. The first-order chi connectivity index (χ1) is 8.84. The SMILES string of the molecule is COC(=O)[C@@H]1[C@H](C(=O)OC)[C@H](C(C)C)N[C@@H]1C(C)C. The van der Waals surface area contributed by atoms with E-state index in [2.05, 4.69) is 5.32 Å². The van der Waals surface area contributed by atoms with Crippen LogP contribution in [0.4, 0.5) is 0 Å². The third kappa shape index (κ3) is 3.08. The Bertz CT molecular complexity index is 308. The van der Waals surface area contributed by atoms with Crippen molar-refractivity contribution in [3.05, 3.63) is 0 Å². The van der Waals surface area contributed by atoms with E-state index in [1.54, 1.807) is 0 Å². The molecule has 1 saturated heterocycles. The highest BCUT2D eigenvalue weighted by Crippen LogP contribution is 2.36. The van der Waals surface area contributed by atoms with Gasteiger partial charge in [-0.25, -0.2) is 0 Å². The molecule has 0 saturated carbocycles. The fraction of sp³-hybridized carbons (Fsp3) is 0.857. The van der Waals surface area contributed by atoms with Gasteiger partial charge < -0.3 is 14.8 Å². The van der Waals surface area contributed by atoms with Crippen molar-refractivity contribution in [2.24, 2.45) is 23.7 Å². The predicted octanol–water partition coefficient (Wildman–Crippen LogP) is 1.22. The smallest absolute Gasteiger partial charge is 0.311 e. The number of ether oxygens (including phenoxy) is 2. The molecule has 5 nitrogen and oxygen atoms in total. The monoisotopic (exact) mass is 271 g/mol. The van der Waals surface area contributed by atoms with Crippen LogP contribution < -0.4 is 5.32 Å². The summed E-state index contributed by atoms with van der Waals surface area (Å²) in [4.78, 5) is 24.1. The number of esters is 2. The lowest BCUT2D eigenvalue weighted by Crippen LogP contribution is -2.39. The van der Waals surface area contributed by atoms with Crippen LogP contribution in [-0.4, -0.2) is 38.2 Å². The molecule has 4 atom stereocenters. The molecular weight excluding hydrogens is 246 g/mol. The van der Waals surface area contributed by atoms with Crippen LogP contribution in [0.2, 0.25) is 0 Å². The van der Waals surface area contributed by atoms with Gasteiger partial charge in [0.25, 0.3) is 0 Å². The van der Waals surface area contributed by atoms with Gasteiger partial charge in [-0.1, -0.05) is 27.7 Å². The van der Waals surface area contributed by atoms with Gasteiger partial charge in [0, 0.05) is 12.1 Å². The fourth-order valence-electron chi connectivity index (χ4n) is 2.95. The Balaban J connectivity index is 3.14. The number of hydrogen-bond donors (Lipinski definition) is 1. The van der Waals surface area contributed by atoms with Crippen molar-refractivity contribution < 1.29 is 19.1 Å². The maximum atomic E-state index is 12.1. The number of hydrogen-bond acceptors (Lipinski definition) is 5. The van der Waals surface area contributed by atoms with Crippen molar-refractivity contribution in [2.75, 3.05) is 14.2 Å². The Labute approximate surface area is 115 Å². The van der Waals surface area contributed by atoms with Gasteiger partial charge in [-0.05, 0) is 11.8 Å². The molecular formula is C14H25NO4. The Hall–Kier alpha value is -1.10. The minimum atomic E-state index is -0.482. The molecule has 0 aromatic rings. The molecule has 0 amide bonds. The molecule has 110 valence electrons. The van der Waals surface area contributed by atoms with Gasteiger partial charge in [0.1, 0.15) is 0 Å². The number of nitrogens with one attached hydrogen (secondary N) is 1. The zero-order valence-corrected chi connectivity index (χ0v) is 12.6. The maximum Gasteiger partial charge on any atom is 0.311 e. The van der Waals surface area contributed by atoms with Gasteiger partial charge >= 0.3 is 11.9 Å². The van der Waals surface area contributed by atoms with Crippen LogP contribution in [0, 0.1) is 23.7 Å². The standard InChI is InChI=1S/C14H25NO4/c1-7(2)11-9(13(16)18-5)10(14(17)19-6)12(15-11)8(3)4/h7-12,15H,1-6H3/t9-,10+,11-,12+. The summed E-state index contributed by atoms with van der Waals surface area (Å²) in [6.45, 7) is 8.13. The molecule has 1 fully saturated rings. The molecule has 1 aliphatic rings. The summed E-state index contributed by atoms with van der Waals surface area (Å²) in [5.41, 5.74) is 0. The Kier molecular flexibility index (Phi) is 5.35. The van der Waals surface area contributed by atoms with Crippen LogP contribution in [0.1, 0.15) is 27.7 Å². The van der Waals surface area contributed by atoms with E-state index in [1.165, 1.54) is 14.2 Å². The molecule has 0 radical (unpaired) electrons. The van der Waals surface area contributed by atoms with Gasteiger partial charge in [0.05, 0.1) is 26.1 Å². The van der Waals surface area contributed by atoms with Gasteiger partial charge in [-0.15, -0.1) is 0 Å². The molecule has 5 heteroatoms. The summed E-state index contributed by atoms with van der Waals surface area (Å²) >= 11 is 0. The highest BCUT2D eigenvalue weighted by atomic mass is 16.5. The minimum Gasteiger partial charge on any atom is -0.469 e. The van der Waals surface area contributed by atoms with Gasteiger partial charge in [0.15, 0.2) is 0 Å². The zero-order chi connectivity index (χ0) is 14.7. The van der Waals surface area contributed by atoms with E-state index in [0.717, 1.165) is 0 Å². The minimum absolute atomic E-state index is 0.0658. The number of methoxy groups -OCH3 is 2. The van der Waals surface area contributed by atoms with E-state index >= 15 is 0 Å². The fourth-order valence-corrected chi connectivity index (χ4v) is 2.95. The molecule has 1 aliphatic heterocycles. The first-order valence-corrected chi connectivity index (χ1v) is 6.76. The highest BCUT2D eigenvalue weighted by molar-refractivity contribution is 5.84. The van der Waals surface area contributed by atoms with E-state index in [0.29, 0.717) is 0 Å². The number of rotatable bonds is 4. The van der Waals surface area contributed by atoms with Crippen LogP contribution in [-0.2, 0) is 19.1 Å². The maximum absolute atomic E-state index is 12.1. The normalized spacial score (nSPS) is 30.7. The van der Waals surface area contributed by atoms with E-state index in [9.17, 15) is 9.59 Å². The topological polar surface area (TPSA) is 64.6 Å². The lowest BCUT2D eigenvalue weighted by atomic mass is 9.80. The molecule has 0 bridgehead atoms. The van der Waals surface area contributed by atoms with Crippen LogP contribution in [0.25, 0.3) is 0 Å². The quantitative estimate of drug-likeness (QED) is 0.779. The summed E-state index contributed by atoms with van der Waals surface area (Å²) in [5, 5.41) is 3.42. The van der Waals surface area contributed by atoms with Crippen molar-refractivity contribution in [2.45, 2.75) is 39.8 Å². The lowest BCUT2D eigenvalue weighted by Gasteiger charge is -2.23. The van der Waals surface area contributed by atoms with E-state index in [1.807, 2.05) is 27.7 Å². The van der Waals surface area contributed by atoms with E-state index in [4.69, 9.17) is 9.47 Å². The van der Waals surface area contributed by atoms with E-state index < -0.39 is 11.8 Å². The average Bonchev–Trinajstić information content (AvgIpc) is 2.77. The van der Waals surface area contributed by atoms with Crippen LogP contribution in [0.15, 0.2) is 0 Å². The Morgan fingerprint density at radius 2 is 1.16 bits per heavy atom. The van der Waals surface area contributed by atoms with Crippen molar-refractivity contribution in [1.82, 2.24) is 5.32 Å². The average molecular weight is 271 g/mol. The van der Waals surface area contributed by atoms with E-state index in [-0.39, 0.29) is 35.9 Å². The first kappa shape index (κ1) is 16.0. The number of carbonyl (C=O) groups is 2. The van der Waals surface area contributed by atoms with Crippen LogP contribution in [0.5, 0.6) is 0 Å². The second kappa shape index (κ2) is 6.37. The molecule has 1 rings (SSSR count). The first-order valence-electron chi connectivity index (χ1n) is 6.76. The van der Waals surface area contributed by atoms with Crippen molar-refractivity contribution >= 4 is 11.9 Å². The third-order valence-corrected chi connectivity index (χ3v) is 3.93. The molecule has 0 unspecified atom stereocenters. The molecule has 0 aromatic carbocycles. The Morgan fingerprint density at radius 3 is 1.37 bits per heavy atom. The van der Waals surface area contributed by atoms with Crippen molar-refractivity contribution in [1.29, 1.82) is 0 Å². The van der Waals surface area contributed by atoms with Crippen LogP contribution >= 0.6 is 0 Å². The largest absolute Gasteiger partial charge is 0.469 e. The summed E-state index contributed by atoms with van der Waals surface area (Å²) < 4.78 is 9.76. The molecule has 0 spiro atoms. The van der Waals surface area contributed by atoms with Crippen molar-refractivity contribution in [3.8, 4) is 0 Å². The van der Waals surface area contributed by atoms with Gasteiger partial charge in [-0.2, -0.15) is 0 Å². The summed E-state index contributed by atoms with van der Waals surface area (Å²) in [7, 11) is 2.72. The summed E-state index contributed by atoms with van der Waals surface area (Å²) in [6.07, 6.45) is 0. The van der Waals surface area contributed by atoms with Crippen LogP contribution in [0.3, 0.4) is 0 Å². The molecule has 1 heterocycles.